The highest BCUT2D eigenvalue weighted by Crippen LogP contribution is 2.21. The number of hydrogen-bond acceptors (Lipinski definition) is 8. The molecule has 1 fully saturated rings. The first-order valence-corrected chi connectivity index (χ1v) is 6.96. The van der Waals surface area contributed by atoms with Gasteiger partial charge in [-0.25, -0.2) is 10.3 Å². The van der Waals surface area contributed by atoms with E-state index in [4.69, 9.17) is 20.4 Å². The van der Waals surface area contributed by atoms with Crippen molar-refractivity contribution >= 4 is 5.91 Å². The number of hydroxylamine groups is 1. The number of nitrogens with one attached hydrogen (secondary N) is 1. The normalized spacial score (nSPS) is 32.9. The van der Waals surface area contributed by atoms with Gasteiger partial charge in [-0.1, -0.05) is 6.42 Å². The molecule has 124 valence electrons. The summed E-state index contributed by atoms with van der Waals surface area (Å²) >= 11 is 0. The second kappa shape index (κ2) is 9.26. The van der Waals surface area contributed by atoms with E-state index in [-0.39, 0.29) is 6.42 Å². The Balaban J connectivity index is 2.34. The minimum Gasteiger partial charge on any atom is -0.394 e. The van der Waals surface area contributed by atoms with Crippen LogP contribution in [0, 0.1) is 0 Å². The first-order chi connectivity index (χ1) is 10.0. The molecule has 7 N–H and O–H groups in total. The van der Waals surface area contributed by atoms with Crippen molar-refractivity contribution in [2.75, 3.05) is 13.2 Å². The Morgan fingerprint density at radius 2 is 1.86 bits per heavy atom. The molecule has 0 radical (unpaired) electrons. The molecule has 1 aliphatic rings. The molecule has 5 atom stereocenters. The molecule has 0 aromatic rings. The molecule has 21 heavy (non-hydrogen) atoms. The third kappa shape index (κ3) is 5.47. The van der Waals surface area contributed by atoms with E-state index >= 15 is 0 Å². The van der Waals surface area contributed by atoms with Crippen molar-refractivity contribution in [1.82, 2.24) is 5.48 Å². The van der Waals surface area contributed by atoms with Gasteiger partial charge in [-0.3, -0.25) is 4.79 Å². The summed E-state index contributed by atoms with van der Waals surface area (Å²) in [4.78, 5) is 16.4. The second-order valence-corrected chi connectivity index (χ2v) is 4.94. The quantitative estimate of drug-likeness (QED) is 0.210. The number of rotatable bonds is 8. The zero-order valence-corrected chi connectivity index (χ0v) is 11.7. The van der Waals surface area contributed by atoms with Gasteiger partial charge in [0, 0.05) is 6.42 Å². The molecule has 1 rings (SSSR count). The summed E-state index contributed by atoms with van der Waals surface area (Å²) in [6.45, 7) is 0.0147. The number of amides is 1. The van der Waals surface area contributed by atoms with Crippen molar-refractivity contribution < 1.29 is 34.8 Å². The Hall–Kier alpha value is -0.810. The van der Waals surface area contributed by atoms with E-state index in [0.29, 0.717) is 13.0 Å². The molecule has 1 aliphatic heterocycles. The molecular weight excluding hydrogens is 284 g/mol. The van der Waals surface area contributed by atoms with Crippen molar-refractivity contribution in [1.29, 1.82) is 0 Å². The lowest BCUT2D eigenvalue weighted by Crippen LogP contribution is -2.60. The van der Waals surface area contributed by atoms with Crippen LogP contribution in [0.1, 0.15) is 25.7 Å². The molecule has 9 nitrogen and oxygen atoms in total. The Morgan fingerprint density at radius 1 is 1.14 bits per heavy atom. The molecule has 0 aliphatic carbocycles. The molecule has 0 aromatic heterocycles. The number of carbonyl (C=O) groups is 1. The molecule has 0 unspecified atom stereocenters. The zero-order valence-electron chi connectivity index (χ0n) is 11.7. The molecule has 1 heterocycles. The SMILES string of the molecule is NCCCCCC(=O)NO[C@@H]1O[C@H](CO)[C@H](O)[C@H](O)[C@H]1O. The number of carbonyl (C=O) groups excluding carboxylic acids is 1. The average Bonchev–Trinajstić information content (AvgIpc) is 2.48. The van der Waals surface area contributed by atoms with Crippen LogP contribution in [0.15, 0.2) is 0 Å². The van der Waals surface area contributed by atoms with Gasteiger partial charge < -0.3 is 30.9 Å². The molecule has 0 saturated carbocycles. The first-order valence-electron chi connectivity index (χ1n) is 6.96. The Kier molecular flexibility index (Phi) is 8.04. The topological polar surface area (TPSA) is 154 Å². The lowest BCUT2D eigenvalue weighted by atomic mass is 9.99. The van der Waals surface area contributed by atoms with Crippen molar-refractivity contribution in [3.05, 3.63) is 0 Å². The van der Waals surface area contributed by atoms with E-state index in [1.54, 1.807) is 0 Å². The maximum Gasteiger partial charge on any atom is 0.243 e. The fraction of sp³-hybridized carbons (Fsp3) is 0.917. The molecule has 0 spiro atoms. The van der Waals surface area contributed by atoms with Gasteiger partial charge in [-0.15, -0.1) is 0 Å². The highest BCUT2D eigenvalue weighted by Gasteiger charge is 2.44. The molecule has 0 bridgehead atoms. The van der Waals surface area contributed by atoms with Crippen LogP contribution in [0.25, 0.3) is 0 Å². The van der Waals surface area contributed by atoms with E-state index in [1.807, 2.05) is 0 Å². The Labute approximate surface area is 122 Å². The lowest BCUT2D eigenvalue weighted by Gasteiger charge is -2.39. The highest BCUT2D eigenvalue weighted by atomic mass is 16.8. The fourth-order valence-corrected chi connectivity index (χ4v) is 1.95. The van der Waals surface area contributed by atoms with E-state index in [2.05, 4.69) is 5.48 Å². The Bertz CT molecular complexity index is 316. The van der Waals surface area contributed by atoms with Crippen molar-refractivity contribution in [2.24, 2.45) is 5.73 Å². The van der Waals surface area contributed by atoms with Gasteiger partial charge in [-0.2, -0.15) is 0 Å². The number of ether oxygens (including phenoxy) is 1. The average molecular weight is 308 g/mol. The first kappa shape index (κ1) is 18.2. The summed E-state index contributed by atoms with van der Waals surface area (Å²) in [5.74, 6) is -0.399. The predicted molar refractivity (Wildman–Crippen MR) is 70.5 cm³/mol. The fourth-order valence-electron chi connectivity index (χ4n) is 1.95. The van der Waals surface area contributed by atoms with Crippen LogP contribution in [0.2, 0.25) is 0 Å². The largest absolute Gasteiger partial charge is 0.394 e. The molecule has 1 saturated heterocycles. The standard InChI is InChI=1S/C12H24N2O7/c13-5-3-1-2-4-8(16)14-21-12-11(19)10(18)9(17)7(6-15)20-12/h7,9-12,15,17-19H,1-6,13H2,(H,14,16)/t7-,9+,10+,11-,12+/m1/s1. The van der Waals surface area contributed by atoms with Gasteiger partial charge in [0.25, 0.3) is 0 Å². The summed E-state index contributed by atoms with van der Waals surface area (Å²) in [6, 6.07) is 0. The summed E-state index contributed by atoms with van der Waals surface area (Å²) < 4.78 is 5.06. The third-order valence-corrected chi connectivity index (χ3v) is 3.25. The van der Waals surface area contributed by atoms with Gasteiger partial charge >= 0.3 is 0 Å². The van der Waals surface area contributed by atoms with Crippen LogP contribution < -0.4 is 11.2 Å². The maximum atomic E-state index is 11.5. The lowest BCUT2D eigenvalue weighted by molar-refractivity contribution is -0.313. The Morgan fingerprint density at radius 3 is 2.48 bits per heavy atom. The van der Waals surface area contributed by atoms with Gasteiger partial charge in [0.1, 0.15) is 24.4 Å². The minimum atomic E-state index is -1.54. The third-order valence-electron chi connectivity index (χ3n) is 3.25. The number of aliphatic hydroxyl groups excluding tert-OH is 4. The summed E-state index contributed by atoms with van der Waals surface area (Å²) in [6.07, 6.45) is -4.44. The van der Waals surface area contributed by atoms with Crippen molar-refractivity contribution in [3.8, 4) is 0 Å². The summed E-state index contributed by atoms with van der Waals surface area (Å²) in [7, 11) is 0. The number of hydrogen-bond donors (Lipinski definition) is 6. The number of nitrogens with two attached hydrogens (primary N) is 1. The minimum absolute atomic E-state index is 0.234. The van der Waals surface area contributed by atoms with Crippen LogP contribution in [-0.4, -0.2) is 70.2 Å². The second-order valence-electron chi connectivity index (χ2n) is 4.94. The molecule has 0 aromatic carbocycles. The van der Waals surface area contributed by atoms with Gasteiger partial charge in [-0.05, 0) is 19.4 Å². The van der Waals surface area contributed by atoms with Crippen LogP contribution >= 0.6 is 0 Å². The van der Waals surface area contributed by atoms with Crippen LogP contribution in [0.3, 0.4) is 0 Å². The van der Waals surface area contributed by atoms with E-state index < -0.39 is 43.2 Å². The van der Waals surface area contributed by atoms with Crippen LogP contribution in [-0.2, 0) is 14.4 Å². The van der Waals surface area contributed by atoms with E-state index in [9.17, 15) is 20.1 Å². The maximum absolute atomic E-state index is 11.5. The van der Waals surface area contributed by atoms with Gasteiger partial charge in [0.05, 0.1) is 6.61 Å². The van der Waals surface area contributed by atoms with Gasteiger partial charge in [0.2, 0.25) is 12.2 Å². The zero-order chi connectivity index (χ0) is 15.8. The molecule has 9 heteroatoms. The van der Waals surface area contributed by atoms with E-state index in [0.717, 1.165) is 12.8 Å². The predicted octanol–water partition coefficient (Wildman–Crippen LogP) is -2.65. The number of aliphatic hydroxyl groups is 4. The van der Waals surface area contributed by atoms with Crippen molar-refractivity contribution in [2.45, 2.75) is 56.4 Å². The van der Waals surface area contributed by atoms with Gasteiger partial charge in [0.15, 0.2) is 0 Å². The van der Waals surface area contributed by atoms with Crippen LogP contribution in [0.5, 0.6) is 0 Å². The van der Waals surface area contributed by atoms with Crippen molar-refractivity contribution in [3.63, 3.8) is 0 Å². The molecule has 1 amide bonds. The smallest absolute Gasteiger partial charge is 0.243 e. The highest BCUT2D eigenvalue weighted by molar-refractivity contribution is 5.74. The summed E-state index contributed by atoms with van der Waals surface area (Å²) in [5, 5.41) is 37.8. The van der Waals surface area contributed by atoms with E-state index in [1.165, 1.54) is 0 Å². The summed E-state index contributed by atoms with van der Waals surface area (Å²) in [5.41, 5.74) is 7.44. The number of unbranched alkanes of at least 4 members (excludes halogenated alkanes) is 2. The van der Waals surface area contributed by atoms with Crippen LogP contribution in [0.4, 0.5) is 0 Å². The molecular formula is C12H24N2O7. The monoisotopic (exact) mass is 308 g/mol.